The standard InChI is InChI=1S/C56H98N16O13/c1-6-8-9-10-11-12-16-19-43(74)63-36(20-26-57)50(79)71-45(34(4)73)54(83)68-39(23-29-60)47(76)66-41-25-31-62-55(84)56(5,85)72-52(81)40(24-30-61)65-46(75)38(22-28-59)67-53(82)44(33(3)7-2)70-51(80)42(32-35-17-14-13-15-18-35)69-48(77)37(21-27-58)64-49(41)78/h13-15,17-18,33-34,36-42,44-45,73,85H,6-12,16,19-32,57-61H2,1-5H3,(H,62,84)(H,63,74)(H,64,78)(H,65,75)(H,66,76)(H,67,82)(H,68,83)(H,69,77)(H,70,80)(H,71,79)(H,72,81)/t33-,34+,36-,37-,38-,39-,40-,41-,42+,44-,45-,56-/m0/s1. The molecule has 12 atom stereocenters. The number of aliphatic hydroxyl groups is 2. The molecule has 1 aliphatic rings. The lowest BCUT2D eigenvalue weighted by atomic mass is 9.96. The summed E-state index contributed by atoms with van der Waals surface area (Å²) in [5.74, 6) is -10.7. The molecule has 1 fully saturated rings. The Balaban J connectivity index is 2.63. The molecule has 0 saturated carbocycles. The second-order valence-corrected chi connectivity index (χ2v) is 21.6. The first-order valence-electron chi connectivity index (χ1n) is 29.7. The fourth-order valence-electron chi connectivity index (χ4n) is 9.13. The van der Waals surface area contributed by atoms with Gasteiger partial charge in [-0.25, -0.2) is 0 Å². The van der Waals surface area contributed by atoms with E-state index in [1.54, 1.807) is 44.2 Å². The van der Waals surface area contributed by atoms with Crippen molar-refractivity contribution in [3.63, 3.8) is 0 Å². The van der Waals surface area contributed by atoms with Gasteiger partial charge in [0.1, 0.15) is 54.4 Å². The molecule has 0 unspecified atom stereocenters. The molecule has 11 amide bonds. The Kier molecular flexibility index (Phi) is 34.6. The molecule has 0 aliphatic carbocycles. The fourth-order valence-corrected chi connectivity index (χ4v) is 9.13. The van der Waals surface area contributed by atoms with Crippen molar-refractivity contribution in [1.82, 2.24) is 58.5 Å². The Bertz CT molecular complexity index is 2320. The number of unbranched alkanes of at least 4 members (excludes halogenated alkanes) is 6. The van der Waals surface area contributed by atoms with Gasteiger partial charge in [-0.3, -0.25) is 52.7 Å². The van der Waals surface area contributed by atoms with Crippen LogP contribution >= 0.6 is 0 Å². The number of nitrogens with one attached hydrogen (secondary N) is 11. The summed E-state index contributed by atoms with van der Waals surface area (Å²) in [6, 6.07) is -4.69. The third kappa shape index (κ3) is 26.5. The number of rotatable bonds is 30. The minimum absolute atomic E-state index is 0.0153. The van der Waals surface area contributed by atoms with E-state index in [4.69, 9.17) is 28.7 Å². The third-order valence-electron chi connectivity index (χ3n) is 14.4. The lowest BCUT2D eigenvalue weighted by Crippen LogP contribution is -2.63. The molecule has 0 radical (unpaired) electrons. The van der Waals surface area contributed by atoms with E-state index in [1.807, 2.05) is 0 Å². The first kappa shape index (κ1) is 74.2. The molecule has 23 N–H and O–H groups in total. The van der Waals surface area contributed by atoms with Gasteiger partial charge in [-0.1, -0.05) is 96.0 Å². The molecule has 1 aromatic carbocycles. The lowest BCUT2D eigenvalue weighted by molar-refractivity contribution is -0.148. The predicted molar refractivity (Wildman–Crippen MR) is 316 cm³/mol. The van der Waals surface area contributed by atoms with Crippen molar-refractivity contribution in [3.8, 4) is 0 Å². The Hall–Kier alpha value is -6.89. The highest BCUT2D eigenvalue weighted by molar-refractivity contribution is 5.99. The Morgan fingerprint density at radius 2 is 1.12 bits per heavy atom. The molecule has 1 saturated heterocycles. The largest absolute Gasteiger partial charge is 0.391 e. The minimum atomic E-state index is -2.70. The third-order valence-corrected chi connectivity index (χ3v) is 14.4. The normalized spacial score (nSPS) is 23.3. The molecule has 1 aliphatic heterocycles. The van der Waals surface area contributed by atoms with Crippen LogP contribution in [0.1, 0.15) is 136 Å². The number of aliphatic hydroxyl groups excluding tert-OH is 1. The molecule has 0 spiro atoms. The number of hydrogen-bond donors (Lipinski definition) is 18. The quantitative estimate of drug-likeness (QED) is 0.0322. The number of amides is 11. The maximum Gasteiger partial charge on any atom is 0.272 e. The van der Waals surface area contributed by atoms with E-state index >= 15 is 0 Å². The van der Waals surface area contributed by atoms with E-state index in [1.165, 1.54) is 6.92 Å². The number of benzene rings is 1. The Labute approximate surface area is 498 Å². The smallest absolute Gasteiger partial charge is 0.272 e. The maximum atomic E-state index is 14.5. The summed E-state index contributed by atoms with van der Waals surface area (Å²) < 4.78 is 0. The molecule has 480 valence electrons. The molecule has 2 rings (SSSR count). The van der Waals surface area contributed by atoms with Crippen LogP contribution in [0.25, 0.3) is 0 Å². The monoisotopic (exact) mass is 1200 g/mol. The molecule has 29 nitrogen and oxygen atoms in total. The summed E-state index contributed by atoms with van der Waals surface area (Å²) in [5.41, 5.74) is 27.2. The van der Waals surface area contributed by atoms with Crippen molar-refractivity contribution in [2.75, 3.05) is 39.3 Å². The van der Waals surface area contributed by atoms with Crippen LogP contribution in [0.15, 0.2) is 30.3 Å². The van der Waals surface area contributed by atoms with Gasteiger partial charge in [0.25, 0.3) is 5.91 Å². The Morgan fingerprint density at radius 3 is 1.66 bits per heavy atom. The van der Waals surface area contributed by atoms with Crippen LogP contribution < -0.4 is 87.2 Å². The zero-order valence-electron chi connectivity index (χ0n) is 50.1. The van der Waals surface area contributed by atoms with E-state index in [0.29, 0.717) is 18.4 Å². The number of nitrogens with two attached hydrogens (primary N) is 5. The van der Waals surface area contributed by atoms with Crippen LogP contribution in [0, 0.1) is 5.92 Å². The van der Waals surface area contributed by atoms with Crippen molar-refractivity contribution in [3.05, 3.63) is 35.9 Å². The van der Waals surface area contributed by atoms with Crippen molar-refractivity contribution in [1.29, 1.82) is 0 Å². The zero-order chi connectivity index (χ0) is 63.6. The fraction of sp³-hybridized carbons (Fsp3) is 0.696. The highest BCUT2D eigenvalue weighted by Gasteiger charge is 2.39. The summed E-state index contributed by atoms with van der Waals surface area (Å²) in [7, 11) is 0. The van der Waals surface area contributed by atoms with Gasteiger partial charge in [0.05, 0.1) is 6.10 Å². The molecule has 1 aromatic rings. The predicted octanol–water partition coefficient (Wildman–Crippen LogP) is -4.75. The van der Waals surface area contributed by atoms with E-state index in [2.05, 4.69) is 65.4 Å². The number of carbonyl (C=O) groups excluding carboxylic acids is 11. The van der Waals surface area contributed by atoms with Crippen molar-refractivity contribution in [2.45, 2.75) is 204 Å². The summed E-state index contributed by atoms with van der Waals surface area (Å²) in [6.07, 6.45) is 4.18. The minimum Gasteiger partial charge on any atom is -0.391 e. The van der Waals surface area contributed by atoms with Gasteiger partial charge in [-0.15, -0.1) is 0 Å². The van der Waals surface area contributed by atoms with Gasteiger partial charge in [0, 0.05) is 19.4 Å². The lowest BCUT2D eigenvalue weighted by Gasteiger charge is -2.30. The SMILES string of the molecule is CCCCCCCCCC(=O)N[C@@H](CCN)C(=O)N[C@H](C(=O)N[C@@H](CCN)C(=O)N[C@H]1CCNC(=O)[C@](C)(O)NC(=O)[C@H](CCN)NC(=O)[C@H](CCN)NC(=O)[C@H]([C@@H](C)CC)NC(=O)[C@@H](Cc2ccccc2)NC(=O)[C@H](CCN)NC1=O)[C@@H](C)O. The Morgan fingerprint density at radius 1 is 0.612 bits per heavy atom. The van der Waals surface area contributed by atoms with E-state index in [-0.39, 0.29) is 77.7 Å². The van der Waals surface area contributed by atoms with Gasteiger partial charge >= 0.3 is 0 Å². The van der Waals surface area contributed by atoms with Gasteiger partial charge in [-0.05, 0) is 103 Å². The molecule has 85 heavy (non-hydrogen) atoms. The van der Waals surface area contributed by atoms with Crippen molar-refractivity contribution >= 4 is 65.0 Å². The van der Waals surface area contributed by atoms with Crippen LogP contribution in [0.5, 0.6) is 0 Å². The number of carbonyl (C=O) groups is 11. The zero-order valence-corrected chi connectivity index (χ0v) is 50.1. The van der Waals surface area contributed by atoms with Gasteiger partial charge in [0.2, 0.25) is 64.8 Å². The van der Waals surface area contributed by atoms with Crippen LogP contribution in [-0.4, -0.2) is 181 Å². The van der Waals surface area contributed by atoms with Crippen molar-refractivity contribution in [2.24, 2.45) is 34.6 Å². The first-order chi connectivity index (χ1) is 40.4. The average molecular weight is 1200 g/mol. The second kappa shape index (κ2) is 39.7. The summed E-state index contributed by atoms with van der Waals surface area (Å²) in [6.45, 7) is 6.41. The number of hydrogen-bond acceptors (Lipinski definition) is 18. The van der Waals surface area contributed by atoms with Gasteiger partial charge < -0.3 is 97.4 Å². The van der Waals surface area contributed by atoms with Crippen LogP contribution in [0.3, 0.4) is 0 Å². The van der Waals surface area contributed by atoms with Gasteiger partial charge in [0.15, 0.2) is 0 Å². The summed E-state index contributed by atoms with van der Waals surface area (Å²) in [4.78, 5) is 153. The molecular weight excluding hydrogens is 1100 g/mol. The average Bonchev–Trinajstić information content (AvgIpc) is 3.67. The maximum absolute atomic E-state index is 14.5. The molecule has 29 heteroatoms. The second-order valence-electron chi connectivity index (χ2n) is 21.6. The topological polar surface area (TPSA) is 491 Å². The van der Waals surface area contributed by atoms with Gasteiger partial charge in [-0.2, -0.15) is 0 Å². The molecular formula is C56H98N16O13. The first-order valence-corrected chi connectivity index (χ1v) is 29.7. The highest BCUT2D eigenvalue weighted by Crippen LogP contribution is 2.14. The van der Waals surface area contributed by atoms with Crippen LogP contribution in [0.4, 0.5) is 0 Å². The summed E-state index contributed by atoms with van der Waals surface area (Å²) >= 11 is 0. The van der Waals surface area contributed by atoms with E-state index in [9.17, 15) is 63.0 Å². The van der Waals surface area contributed by atoms with E-state index < -0.39 is 150 Å². The van der Waals surface area contributed by atoms with Crippen LogP contribution in [0.2, 0.25) is 0 Å². The van der Waals surface area contributed by atoms with E-state index in [0.717, 1.165) is 45.4 Å². The molecule has 1 heterocycles. The molecule has 0 aromatic heterocycles. The van der Waals surface area contributed by atoms with Crippen molar-refractivity contribution < 1.29 is 63.0 Å². The highest BCUT2D eigenvalue weighted by atomic mass is 16.3. The summed E-state index contributed by atoms with van der Waals surface area (Å²) in [5, 5.41) is 49.7. The molecule has 0 bridgehead atoms. The van der Waals surface area contributed by atoms with Crippen LogP contribution in [-0.2, 0) is 59.2 Å².